The molecule has 2 aromatic rings. The van der Waals surface area contributed by atoms with Crippen molar-refractivity contribution >= 4 is 23.7 Å². The first-order valence-electron chi connectivity index (χ1n) is 9.83. The van der Waals surface area contributed by atoms with Gasteiger partial charge in [-0.1, -0.05) is 0 Å². The predicted molar refractivity (Wildman–Crippen MR) is 111 cm³/mol. The van der Waals surface area contributed by atoms with Crippen LogP contribution in [0.2, 0.25) is 0 Å². The number of carbonyl (C=O) groups is 2. The van der Waals surface area contributed by atoms with E-state index in [0.717, 1.165) is 12.1 Å². The highest BCUT2D eigenvalue weighted by atomic mass is 19.4. The molecule has 2 atom stereocenters. The van der Waals surface area contributed by atoms with E-state index in [-0.39, 0.29) is 11.5 Å². The van der Waals surface area contributed by atoms with Crippen molar-refractivity contribution in [2.45, 2.75) is 37.3 Å². The number of alkyl halides is 6. The Morgan fingerprint density at radius 3 is 2.30 bits per heavy atom. The molecule has 2 aromatic heterocycles. The van der Waals surface area contributed by atoms with Gasteiger partial charge in [0.2, 0.25) is 0 Å². The Labute approximate surface area is 203 Å². The molecule has 0 spiro atoms. The minimum atomic E-state index is -5.08. The molecule has 0 aliphatic carbocycles. The highest BCUT2D eigenvalue weighted by Gasteiger charge is 2.50. The normalized spacial score (nSPS) is 19.5. The van der Waals surface area contributed by atoms with Crippen LogP contribution < -0.4 is 15.8 Å². The smallest absolute Gasteiger partial charge is 0.490 e. The van der Waals surface area contributed by atoms with E-state index < -0.39 is 59.8 Å². The van der Waals surface area contributed by atoms with Gasteiger partial charge in [0.15, 0.2) is 6.10 Å². The van der Waals surface area contributed by atoms with Gasteiger partial charge in [0, 0.05) is 6.42 Å². The van der Waals surface area contributed by atoms with Crippen molar-refractivity contribution in [2.75, 3.05) is 12.4 Å². The van der Waals surface area contributed by atoms with Crippen LogP contribution in [0.15, 0.2) is 35.5 Å². The Balaban J connectivity index is 0.000000604. The second-order valence-electron chi connectivity index (χ2n) is 7.44. The van der Waals surface area contributed by atoms with Crippen LogP contribution in [0.25, 0.3) is 0 Å². The third-order valence-electron chi connectivity index (χ3n) is 4.61. The largest absolute Gasteiger partial charge is 0.495 e. The maximum Gasteiger partial charge on any atom is 0.490 e. The lowest BCUT2D eigenvalue weighted by Crippen LogP contribution is -2.46. The maximum atomic E-state index is 14.5. The van der Waals surface area contributed by atoms with E-state index >= 15 is 0 Å². The number of hydrogen-bond donors (Lipinski definition) is 3. The first-order valence-corrected chi connectivity index (χ1v) is 9.83. The number of aliphatic imine (C=N–C) groups is 1. The first-order chi connectivity index (χ1) is 17.0. The van der Waals surface area contributed by atoms with Crippen molar-refractivity contribution < 1.29 is 54.9 Å². The second kappa shape index (κ2) is 10.8. The zero-order valence-electron chi connectivity index (χ0n) is 18.8. The van der Waals surface area contributed by atoms with Gasteiger partial charge in [-0.25, -0.2) is 24.1 Å². The van der Waals surface area contributed by atoms with E-state index in [2.05, 4.69) is 25.0 Å². The van der Waals surface area contributed by atoms with Gasteiger partial charge in [-0.05, 0) is 31.2 Å². The summed E-state index contributed by atoms with van der Waals surface area (Å²) in [5.74, 6) is -3.98. The summed E-state index contributed by atoms with van der Waals surface area (Å²) in [5.41, 5.74) is 3.25. The maximum absolute atomic E-state index is 14.5. The molecule has 1 aliphatic rings. The Bertz CT molecular complexity index is 1170. The van der Waals surface area contributed by atoms with Crippen molar-refractivity contribution in [1.82, 2.24) is 9.97 Å². The molecule has 3 heterocycles. The van der Waals surface area contributed by atoms with Crippen LogP contribution in [0.5, 0.6) is 5.75 Å². The lowest BCUT2D eigenvalue weighted by Gasteiger charge is -2.35. The molecule has 10 nitrogen and oxygen atoms in total. The third-order valence-corrected chi connectivity index (χ3v) is 4.61. The number of carboxylic acid groups (broad SMARTS) is 1. The molecule has 202 valence electrons. The second-order valence-corrected chi connectivity index (χ2v) is 7.44. The number of hydrogen-bond acceptors (Lipinski definition) is 8. The summed E-state index contributed by atoms with van der Waals surface area (Å²) in [6.45, 7) is 1.25. The van der Waals surface area contributed by atoms with Gasteiger partial charge in [0.1, 0.15) is 34.3 Å². The molecule has 1 aliphatic heterocycles. The summed E-state index contributed by atoms with van der Waals surface area (Å²) in [6.07, 6.45) is -11.5. The number of amidine groups is 1. The van der Waals surface area contributed by atoms with Crippen LogP contribution in [0.1, 0.15) is 29.5 Å². The zero-order valence-corrected chi connectivity index (χ0v) is 18.8. The molecule has 0 radical (unpaired) electrons. The highest BCUT2D eigenvalue weighted by Crippen LogP contribution is 2.40. The molecule has 0 aromatic carbocycles. The van der Waals surface area contributed by atoms with Crippen molar-refractivity contribution in [3.8, 4) is 5.75 Å². The number of rotatable bonds is 4. The van der Waals surface area contributed by atoms with Crippen LogP contribution in [0, 0.1) is 5.82 Å². The molecule has 3 rings (SSSR count). The fraction of sp³-hybridized carbons (Fsp3) is 0.350. The number of nitrogens with two attached hydrogens (primary N) is 1. The number of anilines is 1. The highest BCUT2D eigenvalue weighted by molar-refractivity contribution is 6.02. The summed E-state index contributed by atoms with van der Waals surface area (Å²) in [5, 5.41) is 9.54. The van der Waals surface area contributed by atoms with Gasteiger partial charge in [-0.15, -0.1) is 0 Å². The minimum absolute atomic E-state index is 0.0279. The van der Waals surface area contributed by atoms with Crippen LogP contribution in [0.4, 0.5) is 36.6 Å². The van der Waals surface area contributed by atoms with E-state index in [1.165, 1.54) is 32.4 Å². The average molecular weight is 541 g/mol. The number of methoxy groups -OCH3 is 1. The monoisotopic (exact) mass is 541 g/mol. The molecular formula is C20H18F7N5O5. The van der Waals surface area contributed by atoms with Crippen LogP contribution in [-0.2, 0) is 15.1 Å². The molecule has 0 bridgehead atoms. The first kappa shape index (κ1) is 29.1. The Morgan fingerprint density at radius 1 is 1.19 bits per heavy atom. The lowest BCUT2D eigenvalue weighted by atomic mass is 9.89. The molecule has 0 fully saturated rings. The third kappa shape index (κ3) is 7.65. The number of halogens is 7. The van der Waals surface area contributed by atoms with E-state index in [0.29, 0.717) is 5.75 Å². The summed E-state index contributed by atoms with van der Waals surface area (Å²) in [7, 11) is 1.44. The number of ether oxygens (including phenoxy) is 2. The Kier molecular flexibility index (Phi) is 8.51. The standard InChI is InChI=1S/C18H17F4N5O3.C2HF3O2/c1-17(7-12(18(20,21)22)30-16(23)27-17)14-10(19)4-6-13(25-14)26-15(28)11-5-3-9(29-2)8-24-11;3-2(4,5)1(6)7/h3-6,8,12H,7H2,1-2H3,(H2,23,27)(H,25,26,28);(H,6,7)/t12-,17-;/m0./s1. The van der Waals surface area contributed by atoms with E-state index in [9.17, 15) is 35.5 Å². The Morgan fingerprint density at radius 2 is 1.81 bits per heavy atom. The molecule has 37 heavy (non-hydrogen) atoms. The number of carboxylic acids is 1. The molecule has 1 amide bonds. The minimum Gasteiger partial charge on any atom is -0.495 e. The van der Waals surface area contributed by atoms with Crippen molar-refractivity contribution in [3.05, 3.63) is 47.7 Å². The number of aliphatic carboxylic acids is 1. The van der Waals surface area contributed by atoms with Gasteiger partial charge in [0.05, 0.1) is 13.3 Å². The van der Waals surface area contributed by atoms with Crippen molar-refractivity contribution in [1.29, 1.82) is 0 Å². The van der Waals surface area contributed by atoms with Crippen molar-refractivity contribution in [3.63, 3.8) is 0 Å². The fourth-order valence-corrected chi connectivity index (χ4v) is 2.90. The van der Waals surface area contributed by atoms with Gasteiger partial charge in [0.25, 0.3) is 11.9 Å². The van der Waals surface area contributed by atoms with Gasteiger partial charge in [-0.3, -0.25) is 4.79 Å². The average Bonchev–Trinajstić information content (AvgIpc) is 2.79. The summed E-state index contributed by atoms with van der Waals surface area (Å²) in [4.78, 5) is 33.0. The molecule has 0 saturated carbocycles. The molecular weight excluding hydrogens is 523 g/mol. The zero-order chi connectivity index (χ0) is 28.2. The summed E-state index contributed by atoms with van der Waals surface area (Å²) in [6, 6.07) is 4.32. The molecule has 0 unspecified atom stereocenters. The topological polar surface area (TPSA) is 149 Å². The van der Waals surface area contributed by atoms with E-state index in [1.807, 2.05) is 0 Å². The fourth-order valence-electron chi connectivity index (χ4n) is 2.90. The Hall–Kier alpha value is -4.18. The van der Waals surface area contributed by atoms with Gasteiger partial charge >= 0.3 is 18.3 Å². The van der Waals surface area contributed by atoms with Gasteiger partial charge in [-0.2, -0.15) is 26.3 Å². The van der Waals surface area contributed by atoms with E-state index in [1.54, 1.807) is 0 Å². The number of nitrogens with zero attached hydrogens (tertiary/aromatic N) is 3. The van der Waals surface area contributed by atoms with Gasteiger partial charge < -0.3 is 25.6 Å². The summed E-state index contributed by atoms with van der Waals surface area (Å²) < 4.78 is 95.1. The number of aromatic nitrogens is 2. The predicted octanol–water partition coefficient (Wildman–Crippen LogP) is 3.39. The van der Waals surface area contributed by atoms with E-state index in [4.69, 9.17) is 20.4 Å². The molecule has 17 heteroatoms. The number of pyridine rings is 2. The molecule has 4 N–H and O–H groups in total. The van der Waals surface area contributed by atoms with Crippen LogP contribution in [0.3, 0.4) is 0 Å². The lowest BCUT2D eigenvalue weighted by molar-refractivity contribution is -0.208. The van der Waals surface area contributed by atoms with Crippen LogP contribution >= 0.6 is 0 Å². The number of carbonyl (C=O) groups excluding carboxylic acids is 1. The SMILES string of the molecule is COc1ccc(C(=O)Nc2ccc(F)c([C@]3(C)C[C@@H](C(F)(F)F)OC(N)=N3)n2)nc1.O=C(O)C(F)(F)F. The van der Waals surface area contributed by atoms with Crippen molar-refractivity contribution in [2.24, 2.45) is 10.7 Å². The summed E-state index contributed by atoms with van der Waals surface area (Å²) >= 11 is 0. The van der Waals surface area contributed by atoms with Crippen LogP contribution in [-0.4, -0.2) is 58.5 Å². The molecule has 0 saturated heterocycles. The number of amides is 1. The number of nitrogens with one attached hydrogen (secondary N) is 1. The quantitative estimate of drug-likeness (QED) is 0.499.